The van der Waals surface area contributed by atoms with E-state index in [0.717, 1.165) is 16.6 Å². The van der Waals surface area contributed by atoms with Gasteiger partial charge >= 0.3 is 5.97 Å². The third kappa shape index (κ3) is 5.76. The Morgan fingerprint density at radius 3 is 2.44 bits per heavy atom. The van der Waals surface area contributed by atoms with E-state index in [1.54, 1.807) is 49.6 Å². The maximum Gasteiger partial charge on any atom is 0.335 e. The second kappa shape index (κ2) is 11.0. The molecule has 8 heteroatoms. The number of carboxylic acid groups (broad SMARTS) is 1. The lowest BCUT2D eigenvalue weighted by molar-refractivity contribution is -0.162. The number of fused-ring (bicyclic) bond motifs is 1. The van der Waals surface area contributed by atoms with Crippen LogP contribution >= 0.6 is 0 Å². The summed E-state index contributed by atoms with van der Waals surface area (Å²) in [5.74, 6) is -1.25. The normalized spacial score (nSPS) is 11.7. The van der Waals surface area contributed by atoms with Crippen molar-refractivity contribution in [2.24, 2.45) is 5.73 Å². The summed E-state index contributed by atoms with van der Waals surface area (Å²) < 4.78 is 12.8. The van der Waals surface area contributed by atoms with Crippen LogP contribution in [-0.4, -0.2) is 40.0 Å². The Balaban J connectivity index is 1.75. The van der Waals surface area contributed by atoms with E-state index < -0.39 is 17.5 Å². The van der Waals surface area contributed by atoms with Crippen LogP contribution in [0.3, 0.4) is 0 Å². The number of carbonyl (C=O) groups is 3. The van der Waals surface area contributed by atoms with E-state index in [-0.39, 0.29) is 12.4 Å². The molecule has 1 aromatic heterocycles. The summed E-state index contributed by atoms with van der Waals surface area (Å²) >= 11 is 0. The first kappa shape index (κ1) is 27.3. The quantitative estimate of drug-likeness (QED) is 0.271. The molecular formula is C31H30N2O6. The lowest BCUT2D eigenvalue weighted by atomic mass is 9.99. The highest BCUT2D eigenvalue weighted by atomic mass is 16.5. The number of ether oxygens (including phenoxy) is 2. The van der Waals surface area contributed by atoms with E-state index in [1.807, 2.05) is 48.0 Å². The molecule has 0 aliphatic carbocycles. The first-order valence-electron chi connectivity index (χ1n) is 12.3. The van der Waals surface area contributed by atoms with Crippen molar-refractivity contribution >= 4 is 40.8 Å². The second-order valence-corrected chi connectivity index (χ2v) is 9.65. The molecule has 1 amide bonds. The zero-order valence-corrected chi connectivity index (χ0v) is 22.2. The molecule has 39 heavy (non-hydrogen) atoms. The highest BCUT2D eigenvalue weighted by Gasteiger charge is 2.27. The molecule has 0 aliphatic heterocycles. The van der Waals surface area contributed by atoms with Crippen molar-refractivity contribution in [3.8, 4) is 5.75 Å². The van der Waals surface area contributed by atoms with Crippen molar-refractivity contribution in [2.75, 3.05) is 7.11 Å². The number of aromatic nitrogens is 1. The molecule has 0 saturated heterocycles. The summed E-state index contributed by atoms with van der Waals surface area (Å²) in [5.41, 5.74) is 8.58. The van der Waals surface area contributed by atoms with Gasteiger partial charge in [-0.3, -0.25) is 9.59 Å². The molecule has 4 aromatic rings. The lowest BCUT2D eigenvalue weighted by Crippen LogP contribution is -2.34. The van der Waals surface area contributed by atoms with Crippen LogP contribution in [0.1, 0.15) is 56.9 Å². The van der Waals surface area contributed by atoms with Crippen LogP contribution in [0.2, 0.25) is 0 Å². The first-order valence-corrected chi connectivity index (χ1v) is 12.3. The number of aliphatic carboxylic acids is 1. The maximum absolute atomic E-state index is 13.7. The average Bonchev–Trinajstić information content (AvgIpc) is 3.20. The van der Waals surface area contributed by atoms with Crippen molar-refractivity contribution in [2.45, 2.75) is 33.0 Å². The topological polar surface area (TPSA) is 121 Å². The van der Waals surface area contributed by atoms with Gasteiger partial charge in [0.15, 0.2) is 11.4 Å². The summed E-state index contributed by atoms with van der Waals surface area (Å²) in [5, 5.41) is 9.90. The molecule has 0 radical (unpaired) electrons. The molecule has 0 aliphatic rings. The van der Waals surface area contributed by atoms with Crippen LogP contribution in [0, 0.1) is 6.92 Å². The smallest absolute Gasteiger partial charge is 0.335 e. The molecule has 0 unspecified atom stereocenters. The van der Waals surface area contributed by atoms with Crippen molar-refractivity contribution in [3.63, 3.8) is 0 Å². The van der Waals surface area contributed by atoms with E-state index in [0.29, 0.717) is 33.5 Å². The Morgan fingerprint density at radius 2 is 1.74 bits per heavy atom. The van der Waals surface area contributed by atoms with Gasteiger partial charge < -0.3 is 24.9 Å². The Labute approximate surface area is 226 Å². The summed E-state index contributed by atoms with van der Waals surface area (Å²) in [6.45, 7) is 5.00. The van der Waals surface area contributed by atoms with Gasteiger partial charge in [-0.05, 0) is 74.4 Å². The largest absolute Gasteiger partial charge is 0.497 e. The first-order chi connectivity index (χ1) is 18.5. The van der Waals surface area contributed by atoms with Gasteiger partial charge in [0.1, 0.15) is 5.75 Å². The lowest BCUT2D eigenvalue weighted by Gasteiger charge is -2.20. The van der Waals surface area contributed by atoms with Gasteiger partial charge in [-0.15, -0.1) is 0 Å². The average molecular weight is 527 g/mol. The minimum absolute atomic E-state index is 0.140. The zero-order chi connectivity index (χ0) is 28.3. The van der Waals surface area contributed by atoms with E-state index in [9.17, 15) is 19.5 Å². The SMILES string of the molecule is COc1cccc(C(=O)c2c(C)n(C=Cc3cccc(COC(C)(C)C(=O)O)c3)c3ccc(C(N)=O)cc23)c1. The molecule has 3 N–H and O–H groups in total. The predicted molar refractivity (Wildman–Crippen MR) is 150 cm³/mol. The number of primary amides is 1. The molecule has 3 aromatic carbocycles. The minimum Gasteiger partial charge on any atom is -0.497 e. The highest BCUT2D eigenvalue weighted by molar-refractivity contribution is 6.18. The fraction of sp³-hybridized carbons (Fsp3) is 0.194. The molecule has 0 atom stereocenters. The molecule has 4 rings (SSSR count). The Morgan fingerprint density at radius 1 is 1.00 bits per heavy atom. The molecule has 8 nitrogen and oxygen atoms in total. The van der Waals surface area contributed by atoms with E-state index in [2.05, 4.69) is 0 Å². The molecular weight excluding hydrogens is 496 g/mol. The molecule has 1 heterocycles. The number of nitrogens with two attached hydrogens (primary N) is 1. The summed E-state index contributed by atoms with van der Waals surface area (Å²) in [6, 6.07) is 19.5. The summed E-state index contributed by atoms with van der Waals surface area (Å²) in [7, 11) is 1.54. The van der Waals surface area contributed by atoms with Gasteiger partial charge in [0.2, 0.25) is 5.91 Å². The van der Waals surface area contributed by atoms with Crippen LogP contribution in [0.4, 0.5) is 0 Å². The number of hydrogen-bond donors (Lipinski definition) is 2. The van der Waals surface area contributed by atoms with Crippen LogP contribution in [0.25, 0.3) is 23.2 Å². The molecule has 200 valence electrons. The number of carboxylic acids is 1. The van der Waals surface area contributed by atoms with Gasteiger partial charge in [-0.25, -0.2) is 4.79 Å². The number of ketones is 1. The predicted octanol–water partition coefficient (Wildman–Crippen LogP) is 5.30. The van der Waals surface area contributed by atoms with Crippen LogP contribution in [0.5, 0.6) is 5.75 Å². The summed E-state index contributed by atoms with van der Waals surface area (Å²) in [6.07, 6.45) is 3.74. The van der Waals surface area contributed by atoms with Crippen molar-refractivity contribution in [1.82, 2.24) is 4.57 Å². The standard InChI is InChI=1S/C31H30N2O6/c1-19-27(28(34)22-9-6-10-24(16-22)38-4)25-17-23(29(32)35)11-12-26(25)33(19)14-13-20-7-5-8-21(15-20)18-39-31(2,3)30(36)37/h5-17H,18H2,1-4H3,(H2,32,35)(H,36,37). The number of hydrogen-bond acceptors (Lipinski definition) is 5. The van der Waals surface area contributed by atoms with Gasteiger partial charge in [-0.2, -0.15) is 0 Å². The van der Waals surface area contributed by atoms with E-state index in [1.165, 1.54) is 13.8 Å². The number of carbonyl (C=O) groups excluding carboxylic acids is 2. The Hall–Kier alpha value is -4.69. The molecule has 0 saturated carbocycles. The molecule has 0 spiro atoms. The van der Waals surface area contributed by atoms with Crippen LogP contribution in [-0.2, 0) is 16.1 Å². The third-order valence-corrected chi connectivity index (χ3v) is 6.57. The maximum atomic E-state index is 13.7. The van der Waals surface area contributed by atoms with Crippen molar-refractivity contribution < 1.29 is 29.0 Å². The Kier molecular flexibility index (Phi) is 7.69. The van der Waals surface area contributed by atoms with Crippen molar-refractivity contribution in [3.05, 3.63) is 100 Å². The molecule has 0 fully saturated rings. The fourth-order valence-electron chi connectivity index (χ4n) is 4.26. The van der Waals surface area contributed by atoms with Crippen molar-refractivity contribution in [1.29, 1.82) is 0 Å². The fourth-order valence-corrected chi connectivity index (χ4v) is 4.26. The monoisotopic (exact) mass is 526 g/mol. The minimum atomic E-state index is -1.30. The van der Waals surface area contributed by atoms with Gasteiger partial charge in [0.05, 0.1) is 24.8 Å². The zero-order valence-electron chi connectivity index (χ0n) is 22.2. The third-order valence-electron chi connectivity index (χ3n) is 6.57. The Bertz CT molecular complexity index is 1610. The second-order valence-electron chi connectivity index (χ2n) is 9.65. The summed E-state index contributed by atoms with van der Waals surface area (Å²) in [4.78, 5) is 37.0. The molecule has 0 bridgehead atoms. The number of amides is 1. The van der Waals surface area contributed by atoms with Crippen LogP contribution < -0.4 is 10.5 Å². The van der Waals surface area contributed by atoms with Gasteiger partial charge in [-0.1, -0.05) is 30.3 Å². The van der Waals surface area contributed by atoms with E-state index in [4.69, 9.17) is 15.2 Å². The number of benzene rings is 3. The number of nitrogens with zero attached hydrogens (tertiary/aromatic N) is 1. The number of rotatable bonds is 10. The van der Waals surface area contributed by atoms with Gasteiger partial charge in [0, 0.05) is 28.4 Å². The van der Waals surface area contributed by atoms with Gasteiger partial charge in [0.25, 0.3) is 0 Å². The number of methoxy groups -OCH3 is 1. The highest BCUT2D eigenvalue weighted by Crippen LogP contribution is 2.30. The van der Waals surface area contributed by atoms with Crippen LogP contribution in [0.15, 0.2) is 66.7 Å². The van der Waals surface area contributed by atoms with E-state index >= 15 is 0 Å².